The molecule has 7 heteroatoms. The number of carbonyl (C=O) groups excluding carboxylic acids is 2. The average molecular weight is 389 g/mol. The maximum absolute atomic E-state index is 12.4. The van der Waals surface area contributed by atoms with E-state index in [1.165, 1.54) is 13.2 Å². The molecular weight excluding hydrogens is 370 g/mol. The highest BCUT2D eigenvalue weighted by Crippen LogP contribution is 2.32. The Hall–Kier alpha value is -3.74. The molecule has 1 aliphatic heterocycles. The monoisotopic (exact) mass is 389 g/mol. The maximum Gasteiger partial charge on any atom is 0.337 e. The van der Waals surface area contributed by atoms with Gasteiger partial charge < -0.3 is 14.8 Å². The number of fused-ring (bicyclic) bond motifs is 1. The molecule has 0 saturated carbocycles. The number of hydrogen-bond donors (Lipinski definition) is 1. The van der Waals surface area contributed by atoms with Crippen molar-refractivity contribution in [2.75, 3.05) is 13.7 Å². The largest absolute Gasteiger partial charge is 0.488 e. The lowest BCUT2D eigenvalue weighted by Gasteiger charge is -2.12. The molecule has 0 saturated heterocycles. The lowest BCUT2D eigenvalue weighted by molar-refractivity contribution is 0.0600. The van der Waals surface area contributed by atoms with E-state index in [9.17, 15) is 9.59 Å². The third-order valence-corrected chi connectivity index (χ3v) is 4.70. The van der Waals surface area contributed by atoms with E-state index in [2.05, 4.69) is 15.3 Å². The number of nitrogens with one attached hydrogen (secondary N) is 1. The fourth-order valence-electron chi connectivity index (χ4n) is 3.26. The van der Waals surface area contributed by atoms with Gasteiger partial charge in [-0.3, -0.25) is 14.8 Å². The summed E-state index contributed by atoms with van der Waals surface area (Å²) >= 11 is 0. The molecule has 0 radical (unpaired) electrons. The molecule has 0 aliphatic carbocycles. The van der Waals surface area contributed by atoms with Crippen LogP contribution in [0.15, 0.2) is 61.1 Å². The van der Waals surface area contributed by atoms with Crippen LogP contribution >= 0.6 is 0 Å². The normalized spacial score (nSPS) is 14.6. The Morgan fingerprint density at radius 3 is 2.83 bits per heavy atom. The van der Waals surface area contributed by atoms with E-state index < -0.39 is 5.97 Å². The van der Waals surface area contributed by atoms with E-state index in [0.717, 1.165) is 22.6 Å². The Kier molecular flexibility index (Phi) is 5.20. The number of nitrogens with zero attached hydrogens (tertiary/aromatic N) is 2. The summed E-state index contributed by atoms with van der Waals surface area (Å²) in [4.78, 5) is 32.5. The summed E-state index contributed by atoms with van der Waals surface area (Å²) < 4.78 is 10.6. The van der Waals surface area contributed by atoms with Gasteiger partial charge in [0.05, 0.1) is 31.1 Å². The van der Waals surface area contributed by atoms with Crippen molar-refractivity contribution in [3.8, 4) is 17.0 Å². The van der Waals surface area contributed by atoms with Crippen molar-refractivity contribution in [2.45, 2.75) is 12.5 Å². The number of esters is 1. The molecule has 2 aromatic carbocycles. The molecule has 0 fully saturated rings. The molecule has 7 nitrogen and oxygen atoms in total. The van der Waals surface area contributed by atoms with E-state index in [0.29, 0.717) is 24.1 Å². The van der Waals surface area contributed by atoms with Gasteiger partial charge in [-0.15, -0.1) is 0 Å². The van der Waals surface area contributed by atoms with Crippen LogP contribution in [0.2, 0.25) is 0 Å². The molecule has 1 aromatic heterocycles. The van der Waals surface area contributed by atoms with E-state index in [-0.39, 0.29) is 12.0 Å². The molecule has 4 rings (SSSR count). The van der Waals surface area contributed by atoms with Crippen LogP contribution in [0, 0.1) is 0 Å². The van der Waals surface area contributed by atoms with Crippen molar-refractivity contribution >= 4 is 11.9 Å². The molecule has 1 amide bonds. The second-order valence-corrected chi connectivity index (χ2v) is 6.64. The van der Waals surface area contributed by atoms with Gasteiger partial charge in [0, 0.05) is 29.9 Å². The molecule has 0 unspecified atom stereocenters. The summed E-state index contributed by atoms with van der Waals surface area (Å²) in [7, 11) is 1.31. The zero-order valence-electron chi connectivity index (χ0n) is 15.8. The summed E-state index contributed by atoms with van der Waals surface area (Å²) in [5.41, 5.74) is 3.58. The summed E-state index contributed by atoms with van der Waals surface area (Å²) in [6.45, 7) is 0.358. The highest BCUT2D eigenvalue weighted by molar-refractivity contribution is 5.97. The minimum Gasteiger partial charge on any atom is -0.488 e. The quantitative estimate of drug-likeness (QED) is 0.675. The zero-order valence-corrected chi connectivity index (χ0v) is 15.8. The molecule has 0 bridgehead atoms. The van der Waals surface area contributed by atoms with Crippen molar-refractivity contribution in [3.63, 3.8) is 0 Å². The lowest BCUT2D eigenvalue weighted by Crippen LogP contribution is -2.34. The molecule has 146 valence electrons. The smallest absolute Gasteiger partial charge is 0.337 e. The lowest BCUT2D eigenvalue weighted by atomic mass is 10.0. The first kappa shape index (κ1) is 18.6. The third kappa shape index (κ3) is 4.08. The van der Waals surface area contributed by atoms with Crippen LogP contribution in [0.3, 0.4) is 0 Å². The number of benzene rings is 2. The first-order valence-electron chi connectivity index (χ1n) is 9.16. The molecule has 0 spiro atoms. The molecule has 1 N–H and O–H groups in total. The predicted octanol–water partition coefficient (Wildman–Crippen LogP) is 2.66. The van der Waals surface area contributed by atoms with Gasteiger partial charge in [0.1, 0.15) is 11.9 Å². The number of ether oxygens (including phenoxy) is 2. The summed E-state index contributed by atoms with van der Waals surface area (Å²) in [6, 6.07) is 12.3. The van der Waals surface area contributed by atoms with Crippen LogP contribution in [0.1, 0.15) is 26.3 Å². The Labute approximate surface area is 167 Å². The topological polar surface area (TPSA) is 90.4 Å². The highest BCUT2D eigenvalue weighted by Gasteiger charge is 2.24. The molecule has 1 aliphatic rings. The summed E-state index contributed by atoms with van der Waals surface area (Å²) in [6.07, 6.45) is 5.55. The minimum atomic E-state index is -0.479. The number of rotatable bonds is 5. The fourth-order valence-corrected chi connectivity index (χ4v) is 3.26. The Balaban J connectivity index is 1.38. The molecule has 2 heterocycles. The van der Waals surface area contributed by atoms with E-state index in [4.69, 9.17) is 9.47 Å². The number of amides is 1. The average Bonchev–Trinajstić information content (AvgIpc) is 3.19. The minimum absolute atomic E-state index is 0.158. The third-order valence-electron chi connectivity index (χ3n) is 4.70. The van der Waals surface area contributed by atoms with Crippen molar-refractivity contribution in [3.05, 3.63) is 77.7 Å². The van der Waals surface area contributed by atoms with Gasteiger partial charge in [0.15, 0.2) is 0 Å². The van der Waals surface area contributed by atoms with Gasteiger partial charge in [-0.05, 0) is 42.0 Å². The number of methoxy groups -OCH3 is 1. The number of aromatic nitrogens is 2. The Bertz CT molecular complexity index is 1050. The highest BCUT2D eigenvalue weighted by atomic mass is 16.5. The van der Waals surface area contributed by atoms with Crippen LogP contribution in [0.5, 0.6) is 5.75 Å². The first-order valence-corrected chi connectivity index (χ1v) is 9.16. The SMILES string of the molecule is COC(=O)c1cccc(C(=O)NC[C@H]2Cc3cc(-c4cnccn4)ccc3O2)c1. The van der Waals surface area contributed by atoms with Crippen molar-refractivity contribution in [2.24, 2.45) is 0 Å². The van der Waals surface area contributed by atoms with Crippen LogP contribution in [-0.4, -0.2) is 41.6 Å². The molecule has 1 atom stereocenters. The van der Waals surface area contributed by atoms with Gasteiger partial charge in [-0.25, -0.2) is 4.79 Å². The number of hydrogen-bond acceptors (Lipinski definition) is 6. The van der Waals surface area contributed by atoms with E-state index in [1.54, 1.807) is 36.8 Å². The Morgan fingerprint density at radius 2 is 2.03 bits per heavy atom. The van der Waals surface area contributed by atoms with Gasteiger partial charge in [0.2, 0.25) is 0 Å². The fraction of sp³-hybridized carbons (Fsp3) is 0.182. The van der Waals surface area contributed by atoms with Crippen LogP contribution in [0.25, 0.3) is 11.3 Å². The predicted molar refractivity (Wildman–Crippen MR) is 106 cm³/mol. The van der Waals surface area contributed by atoms with Crippen LogP contribution in [0.4, 0.5) is 0 Å². The number of carbonyl (C=O) groups is 2. The van der Waals surface area contributed by atoms with Crippen LogP contribution < -0.4 is 10.1 Å². The second kappa shape index (κ2) is 8.10. The van der Waals surface area contributed by atoms with Gasteiger partial charge in [-0.2, -0.15) is 0 Å². The van der Waals surface area contributed by atoms with Crippen LogP contribution in [-0.2, 0) is 11.2 Å². The zero-order chi connectivity index (χ0) is 20.2. The van der Waals surface area contributed by atoms with E-state index in [1.807, 2.05) is 18.2 Å². The first-order chi connectivity index (χ1) is 14.1. The van der Waals surface area contributed by atoms with Gasteiger partial charge in [0.25, 0.3) is 5.91 Å². The van der Waals surface area contributed by atoms with Gasteiger partial charge in [-0.1, -0.05) is 6.07 Å². The standard InChI is InChI=1S/C22H19N3O4/c1-28-22(27)16-4-2-3-15(10-16)21(26)25-12-18-11-17-9-14(5-6-20(17)29-18)19-13-23-7-8-24-19/h2-10,13,18H,11-12H2,1H3,(H,25,26)/t18-/m1/s1. The second-order valence-electron chi connectivity index (χ2n) is 6.64. The van der Waals surface area contributed by atoms with E-state index >= 15 is 0 Å². The summed E-state index contributed by atoms with van der Waals surface area (Å²) in [5, 5.41) is 2.87. The van der Waals surface area contributed by atoms with Gasteiger partial charge >= 0.3 is 5.97 Å². The van der Waals surface area contributed by atoms with Crippen molar-refractivity contribution in [1.82, 2.24) is 15.3 Å². The molecular formula is C22H19N3O4. The Morgan fingerprint density at radius 1 is 1.17 bits per heavy atom. The molecule has 29 heavy (non-hydrogen) atoms. The van der Waals surface area contributed by atoms with Crippen molar-refractivity contribution in [1.29, 1.82) is 0 Å². The summed E-state index contributed by atoms with van der Waals surface area (Å²) in [5.74, 6) is 0.0632. The maximum atomic E-state index is 12.4. The molecule has 3 aromatic rings. The van der Waals surface area contributed by atoms with Crippen molar-refractivity contribution < 1.29 is 19.1 Å².